The van der Waals surface area contributed by atoms with Crippen molar-refractivity contribution in [2.24, 2.45) is 7.05 Å². The number of halogens is 1. The van der Waals surface area contributed by atoms with Crippen molar-refractivity contribution in [2.75, 3.05) is 19.7 Å². The zero-order valence-electron chi connectivity index (χ0n) is 28.3. The van der Waals surface area contributed by atoms with Gasteiger partial charge in [0.2, 0.25) is 5.91 Å². The Kier molecular flexibility index (Phi) is 9.68. The number of nitrogens with zero attached hydrogens (tertiary/aromatic N) is 6. The van der Waals surface area contributed by atoms with E-state index in [2.05, 4.69) is 15.4 Å². The topological polar surface area (TPSA) is 133 Å². The third-order valence-corrected chi connectivity index (χ3v) is 9.32. The zero-order chi connectivity index (χ0) is 34.9. The number of aromatic nitrogens is 5. The van der Waals surface area contributed by atoms with Crippen LogP contribution in [0, 0.1) is 5.82 Å². The van der Waals surface area contributed by atoms with Crippen molar-refractivity contribution in [1.82, 2.24) is 34.8 Å². The lowest BCUT2D eigenvalue weighted by molar-refractivity contribution is -0.142. The summed E-state index contributed by atoms with van der Waals surface area (Å²) in [4.78, 5) is 44.0. The summed E-state index contributed by atoms with van der Waals surface area (Å²) in [6.07, 6.45) is 2.63. The molecule has 49 heavy (non-hydrogen) atoms. The molecule has 0 aliphatic carbocycles. The summed E-state index contributed by atoms with van der Waals surface area (Å²) in [5, 5.41) is 16.1. The first-order valence-electron chi connectivity index (χ1n) is 16.3. The number of benzene rings is 2. The van der Waals surface area contributed by atoms with Gasteiger partial charge in [0.15, 0.2) is 0 Å². The number of aryl methyl sites for hydroxylation is 1. The summed E-state index contributed by atoms with van der Waals surface area (Å²) in [6, 6.07) is 8.90. The first-order valence-corrected chi connectivity index (χ1v) is 17.2. The Bertz CT molecular complexity index is 2020. The number of thiazole rings is 1. The van der Waals surface area contributed by atoms with E-state index in [0.717, 1.165) is 16.6 Å². The van der Waals surface area contributed by atoms with Crippen LogP contribution >= 0.6 is 11.3 Å². The molecule has 2 aromatic carbocycles. The van der Waals surface area contributed by atoms with Crippen LogP contribution in [0.1, 0.15) is 62.8 Å². The van der Waals surface area contributed by atoms with Crippen LogP contribution in [0.5, 0.6) is 0 Å². The molecular formula is C35H40FN7O5S. The predicted octanol–water partition coefficient (Wildman–Crippen LogP) is 5.72. The van der Waals surface area contributed by atoms with Crippen LogP contribution in [0.25, 0.3) is 32.9 Å². The maximum atomic E-state index is 15.8. The number of carbonyl (C=O) groups excluding carboxylic acids is 3. The second-order valence-corrected chi connectivity index (χ2v) is 14.1. The molecule has 1 N–H and O–H groups in total. The molecule has 0 spiro atoms. The van der Waals surface area contributed by atoms with E-state index in [0.29, 0.717) is 65.3 Å². The van der Waals surface area contributed by atoms with Gasteiger partial charge < -0.3 is 19.7 Å². The highest BCUT2D eigenvalue weighted by molar-refractivity contribution is 7.09. The van der Waals surface area contributed by atoms with Gasteiger partial charge in [0, 0.05) is 47.8 Å². The minimum atomic E-state index is -0.595. The number of nitrogens with one attached hydrogen (secondary N) is 1. The van der Waals surface area contributed by atoms with Gasteiger partial charge in [0.1, 0.15) is 23.0 Å². The lowest BCUT2D eigenvalue weighted by Crippen LogP contribution is -2.41. The van der Waals surface area contributed by atoms with Gasteiger partial charge in [0.25, 0.3) is 0 Å². The highest BCUT2D eigenvalue weighted by Crippen LogP contribution is 2.40. The van der Waals surface area contributed by atoms with E-state index < -0.39 is 5.60 Å². The number of fused-ring (bicyclic) bond motifs is 2. The highest BCUT2D eigenvalue weighted by Gasteiger charge is 2.31. The van der Waals surface area contributed by atoms with Crippen molar-refractivity contribution in [3.8, 4) is 11.1 Å². The number of esters is 1. The molecular weight excluding hydrogens is 649 g/mol. The van der Waals surface area contributed by atoms with Gasteiger partial charge in [-0.1, -0.05) is 12.1 Å². The van der Waals surface area contributed by atoms with E-state index in [1.807, 2.05) is 46.0 Å². The molecule has 258 valence electrons. The smallest absolute Gasteiger partial charge is 0.410 e. The number of rotatable bonds is 9. The Morgan fingerprint density at radius 1 is 1.10 bits per heavy atom. The van der Waals surface area contributed by atoms with Crippen LogP contribution < -0.4 is 5.32 Å². The third kappa shape index (κ3) is 7.58. The van der Waals surface area contributed by atoms with Crippen molar-refractivity contribution in [3.63, 3.8) is 0 Å². The first kappa shape index (κ1) is 34.0. The van der Waals surface area contributed by atoms with Crippen LogP contribution in [0.4, 0.5) is 9.18 Å². The molecule has 1 saturated heterocycles. The standard InChI is InChI=1S/C35H40FN7O5S/c1-6-47-31(45)15-23-20-49-30(39-23)18-37-29(44)19-43-27-9-7-8-24(25-16-28-22(14-26(25)36)17-38-41(28)5)32(27)33(40-43)21-10-12-42(13-11-21)34(46)48-35(2,3)4/h7-9,14,16-17,20-21H,6,10-13,15,18-19H2,1-5H3,(H,37,44). The molecule has 3 aromatic heterocycles. The molecule has 14 heteroatoms. The van der Waals surface area contributed by atoms with E-state index >= 15 is 4.39 Å². The summed E-state index contributed by atoms with van der Waals surface area (Å²) in [5.41, 5.74) is 3.34. The number of hydrogen-bond acceptors (Lipinski definition) is 9. The minimum absolute atomic E-state index is 0.0386. The third-order valence-electron chi connectivity index (χ3n) is 8.42. The molecule has 1 fully saturated rings. The van der Waals surface area contributed by atoms with Crippen LogP contribution in [-0.4, -0.2) is 72.7 Å². The monoisotopic (exact) mass is 689 g/mol. The summed E-state index contributed by atoms with van der Waals surface area (Å²) in [7, 11) is 1.82. The average Bonchev–Trinajstić information content (AvgIpc) is 3.76. The van der Waals surface area contributed by atoms with Crippen molar-refractivity contribution in [2.45, 2.75) is 71.6 Å². The largest absolute Gasteiger partial charge is 0.466 e. The summed E-state index contributed by atoms with van der Waals surface area (Å²) in [6.45, 7) is 8.68. The number of ether oxygens (including phenoxy) is 2. The molecule has 0 unspecified atom stereocenters. The molecule has 1 aliphatic rings. The fourth-order valence-corrected chi connectivity index (χ4v) is 6.90. The molecule has 0 bridgehead atoms. The number of amides is 2. The molecule has 4 heterocycles. The van der Waals surface area contributed by atoms with Crippen LogP contribution in [0.3, 0.4) is 0 Å². The number of likely N-dealkylation sites (tertiary alicyclic amines) is 1. The fraction of sp³-hybridized carbons (Fsp3) is 0.429. The van der Waals surface area contributed by atoms with Gasteiger partial charge in [-0.05, 0) is 64.3 Å². The van der Waals surface area contributed by atoms with Gasteiger partial charge in [-0.25, -0.2) is 14.2 Å². The average molecular weight is 690 g/mol. The first-order chi connectivity index (χ1) is 23.4. The van der Waals surface area contributed by atoms with Crippen LogP contribution in [-0.2, 0) is 45.6 Å². The normalized spacial score (nSPS) is 14.0. The molecule has 0 atom stereocenters. The van der Waals surface area contributed by atoms with Crippen LogP contribution in [0.15, 0.2) is 41.9 Å². The number of piperidine rings is 1. The molecule has 1 aliphatic heterocycles. The molecule has 5 aromatic rings. The second kappa shape index (κ2) is 13.9. The molecule has 2 amide bonds. The molecule has 12 nitrogen and oxygen atoms in total. The maximum absolute atomic E-state index is 15.8. The summed E-state index contributed by atoms with van der Waals surface area (Å²) in [5.74, 6) is -1.04. The van der Waals surface area contributed by atoms with Gasteiger partial charge in [-0.2, -0.15) is 10.2 Å². The predicted molar refractivity (Wildman–Crippen MR) is 183 cm³/mol. The lowest BCUT2D eigenvalue weighted by Gasteiger charge is -2.33. The van der Waals surface area contributed by atoms with Crippen molar-refractivity contribution in [1.29, 1.82) is 0 Å². The van der Waals surface area contributed by atoms with E-state index in [9.17, 15) is 14.4 Å². The van der Waals surface area contributed by atoms with Gasteiger partial charge in [-0.15, -0.1) is 11.3 Å². The zero-order valence-corrected chi connectivity index (χ0v) is 29.1. The molecule has 0 saturated carbocycles. The fourth-order valence-electron chi connectivity index (χ4n) is 6.17. The Balaban J connectivity index is 1.29. The second-order valence-electron chi connectivity index (χ2n) is 13.1. The molecule has 0 radical (unpaired) electrons. The van der Waals surface area contributed by atoms with Gasteiger partial charge in [-0.3, -0.25) is 19.0 Å². The van der Waals surface area contributed by atoms with E-state index in [-0.39, 0.29) is 49.2 Å². The van der Waals surface area contributed by atoms with Gasteiger partial charge >= 0.3 is 12.1 Å². The van der Waals surface area contributed by atoms with Crippen molar-refractivity contribution >= 4 is 51.1 Å². The maximum Gasteiger partial charge on any atom is 0.410 e. The van der Waals surface area contributed by atoms with Crippen molar-refractivity contribution < 1.29 is 28.2 Å². The van der Waals surface area contributed by atoms with E-state index in [1.165, 1.54) is 17.4 Å². The summed E-state index contributed by atoms with van der Waals surface area (Å²) >= 11 is 1.36. The van der Waals surface area contributed by atoms with E-state index in [4.69, 9.17) is 14.6 Å². The Hall–Kier alpha value is -4.85. The van der Waals surface area contributed by atoms with Gasteiger partial charge in [0.05, 0.1) is 48.2 Å². The number of carbonyl (C=O) groups is 3. The Morgan fingerprint density at radius 2 is 1.88 bits per heavy atom. The number of hydrogen-bond donors (Lipinski definition) is 1. The Morgan fingerprint density at radius 3 is 2.61 bits per heavy atom. The van der Waals surface area contributed by atoms with Crippen molar-refractivity contribution in [3.05, 3.63) is 64.1 Å². The Labute approximate surface area is 287 Å². The van der Waals surface area contributed by atoms with Crippen LogP contribution in [0.2, 0.25) is 0 Å². The minimum Gasteiger partial charge on any atom is -0.466 e. The van der Waals surface area contributed by atoms with E-state index in [1.54, 1.807) is 38.8 Å². The lowest BCUT2D eigenvalue weighted by atomic mass is 9.89. The molecule has 6 rings (SSSR count). The summed E-state index contributed by atoms with van der Waals surface area (Å²) < 4.78 is 29.7. The quantitative estimate of drug-likeness (QED) is 0.194. The highest BCUT2D eigenvalue weighted by atomic mass is 32.1. The SMILES string of the molecule is CCOC(=O)Cc1csc(CNC(=O)Cn2nc(C3CCN(C(=O)OC(C)(C)C)CC3)c3c(-c4cc5c(cnn5C)cc4F)cccc32)n1.